The molecule has 2 N–H and O–H groups in total. The largest absolute Gasteiger partial charge is 0.469 e. The van der Waals surface area contributed by atoms with Gasteiger partial charge in [0.2, 0.25) is 6.29 Å². The Labute approximate surface area is 195 Å². The minimum absolute atomic E-state index is 0.164. The summed E-state index contributed by atoms with van der Waals surface area (Å²) in [5.74, 6) is -3.97. The van der Waals surface area contributed by atoms with E-state index in [0.29, 0.717) is 19.3 Å². The molecule has 9 atom stereocenters. The Morgan fingerprint density at radius 3 is 2.48 bits per heavy atom. The van der Waals surface area contributed by atoms with Crippen LogP contribution in [0, 0.1) is 39.9 Å². The van der Waals surface area contributed by atoms with Crippen molar-refractivity contribution in [3.8, 4) is 0 Å². The van der Waals surface area contributed by atoms with Gasteiger partial charge in [0.25, 0.3) is 0 Å². The first kappa shape index (κ1) is 24.5. The topological polar surface area (TPSA) is 119 Å². The number of cyclic esters (lactones) is 1. The van der Waals surface area contributed by atoms with Crippen molar-refractivity contribution in [1.29, 1.82) is 0 Å². The van der Waals surface area contributed by atoms with Gasteiger partial charge in [-0.3, -0.25) is 14.4 Å². The summed E-state index contributed by atoms with van der Waals surface area (Å²) >= 11 is 0. The van der Waals surface area contributed by atoms with E-state index in [-0.39, 0.29) is 23.7 Å². The number of fused-ring (bicyclic) bond motifs is 2. The minimum Gasteiger partial charge on any atom is -0.469 e. The van der Waals surface area contributed by atoms with Crippen LogP contribution in [0.15, 0.2) is 0 Å². The first-order chi connectivity index (χ1) is 15.5. The second-order valence-electron chi connectivity index (χ2n) is 11.5. The fourth-order valence-corrected chi connectivity index (χ4v) is 8.50. The standard InChI is InChI=1S/C25H38O8/c1-6-8-15(26)32-17-18-23(2,3)11-7-12-24(18,4)14-10-9-13(20(28)31-5)16-21(29)33-22(30)25(14,16)19(17)27/h13-14,16-19,22,27,30H,6-12H2,1-5H3. The van der Waals surface area contributed by atoms with E-state index >= 15 is 0 Å². The molecule has 3 saturated carbocycles. The molecule has 186 valence electrons. The zero-order valence-corrected chi connectivity index (χ0v) is 20.3. The van der Waals surface area contributed by atoms with Gasteiger partial charge in [-0.05, 0) is 48.9 Å². The molecule has 9 unspecified atom stereocenters. The van der Waals surface area contributed by atoms with Crippen molar-refractivity contribution in [3.63, 3.8) is 0 Å². The molecule has 1 aliphatic heterocycles. The van der Waals surface area contributed by atoms with Crippen molar-refractivity contribution < 1.29 is 38.8 Å². The van der Waals surface area contributed by atoms with Crippen molar-refractivity contribution in [2.24, 2.45) is 39.9 Å². The molecule has 8 nitrogen and oxygen atoms in total. The third kappa shape index (κ3) is 3.27. The summed E-state index contributed by atoms with van der Waals surface area (Å²) in [4.78, 5) is 38.4. The SMILES string of the molecule is CCCC(=O)OC1C2C(C)(C)CCCC2(C)C2CCC(C(=O)OC)C3C(=O)OC(O)C32C1O. The maximum atomic E-state index is 13.1. The molecule has 0 aromatic heterocycles. The fraction of sp³-hybridized carbons (Fsp3) is 0.880. The van der Waals surface area contributed by atoms with Crippen LogP contribution in [-0.2, 0) is 28.6 Å². The average molecular weight is 467 g/mol. The Hall–Kier alpha value is -1.67. The average Bonchev–Trinajstić information content (AvgIpc) is 3.01. The Kier molecular flexibility index (Phi) is 6.09. The lowest BCUT2D eigenvalue weighted by atomic mass is 9.37. The van der Waals surface area contributed by atoms with Gasteiger partial charge in [-0.1, -0.05) is 34.1 Å². The lowest BCUT2D eigenvalue weighted by Gasteiger charge is -2.68. The molecule has 0 aromatic carbocycles. The van der Waals surface area contributed by atoms with E-state index in [1.807, 2.05) is 6.92 Å². The van der Waals surface area contributed by atoms with E-state index in [2.05, 4.69) is 20.8 Å². The first-order valence-corrected chi connectivity index (χ1v) is 12.3. The Bertz CT molecular complexity index is 823. The van der Waals surface area contributed by atoms with Crippen LogP contribution in [-0.4, -0.2) is 53.7 Å². The molecule has 1 saturated heterocycles. The molecule has 0 bridgehead atoms. The molecule has 0 amide bonds. The van der Waals surface area contributed by atoms with E-state index in [4.69, 9.17) is 14.2 Å². The summed E-state index contributed by atoms with van der Waals surface area (Å²) in [6, 6.07) is 0. The van der Waals surface area contributed by atoms with Crippen LogP contribution in [0.4, 0.5) is 0 Å². The quantitative estimate of drug-likeness (QED) is 0.479. The lowest BCUT2D eigenvalue weighted by molar-refractivity contribution is -0.306. The van der Waals surface area contributed by atoms with Crippen LogP contribution in [0.5, 0.6) is 0 Å². The second kappa shape index (κ2) is 8.22. The van der Waals surface area contributed by atoms with Crippen molar-refractivity contribution in [2.45, 2.75) is 91.1 Å². The molecular formula is C25H38O8. The normalized spacial score (nSPS) is 45.8. The summed E-state index contributed by atoms with van der Waals surface area (Å²) in [5.41, 5.74) is -2.09. The van der Waals surface area contributed by atoms with Gasteiger partial charge in [0.1, 0.15) is 12.2 Å². The van der Waals surface area contributed by atoms with E-state index in [1.165, 1.54) is 7.11 Å². The summed E-state index contributed by atoms with van der Waals surface area (Å²) < 4.78 is 16.3. The Morgan fingerprint density at radius 1 is 1.15 bits per heavy atom. The van der Waals surface area contributed by atoms with E-state index in [0.717, 1.165) is 19.3 Å². The summed E-state index contributed by atoms with van der Waals surface area (Å²) in [7, 11) is 1.27. The predicted molar refractivity (Wildman–Crippen MR) is 116 cm³/mol. The summed E-state index contributed by atoms with van der Waals surface area (Å²) in [6.07, 6.45) is 0.633. The zero-order valence-electron chi connectivity index (χ0n) is 20.3. The van der Waals surface area contributed by atoms with Gasteiger partial charge < -0.3 is 24.4 Å². The first-order valence-electron chi connectivity index (χ1n) is 12.3. The van der Waals surface area contributed by atoms with Gasteiger partial charge >= 0.3 is 17.9 Å². The number of carbonyl (C=O) groups excluding carboxylic acids is 3. The number of hydrogen-bond acceptors (Lipinski definition) is 8. The number of carbonyl (C=O) groups is 3. The monoisotopic (exact) mass is 466 g/mol. The van der Waals surface area contributed by atoms with Crippen LogP contribution >= 0.6 is 0 Å². The van der Waals surface area contributed by atoms with E-state index in [9.17, 15) is 24.6 Å². The molecule has 1 spiro atoms. The minimum atomic E-state index is -1.59. The number of rotatable bonds is 4. The Morgan fingerprint density at radius 2 is 1.85 bits per heavy atom. The molecule has 8 heteroatoms. The van der Waals surface area contributed by atoms with Crippen molar-refractivity contribution in [3.05, 3.63) is 0 Å². The number of esters is 3. The highest BCUT2D eigenvalue weighted by Gasteiger charge is 2.78. The number of hydrogen-bond donors (Lipinski definition) is 2. The highest BCUT2D eigenvalue weighted by Crippen LogP contribution is 2.72. The van der Waals surface area contributed by atoms with E-state index in [1.54, 1.807) is 0 Å². The van der Waals surface area contributed by atoms with E-state index < -0.39 is 59.1 Å². The number of aliphatic hydroxyl groups excluding tert-OH is 2. The van der Waals surface area contributed by atoms with Crippen molar-refractivity contribution >= 4 is 17.9 Å². The zero-order chi connectivity index (χ0) is 24.3. The molecular weight excluding hydrogens is 428 g/mol. The number of ether oxygens (including phenoxy) is 3. The van der Waals surface area contributed by atoms with Crippen LogP contribution in [0.25, 0.3) is 0 Å². The van der Waals surface area contributed by atoms with Crippen molar-refractivity contribution in [2.75, 3.05) is 7.11 Å². The lowest BCUT2D eigenvalue weighted by Crippen LogP contribution is -2.73. The Balaban J connectivity index is 1.90. The van der Waals surface area contributed by atoms with Gasteiger partial charge in [0.05, 0.1) is 24.4 Å². The maximum Gasteiger partial charge on any atom is 0.313 e. The highest BCUT2D eigenvalue weighted by molar-refractivity contribution is 5.85. The van der Waals surface area contributed by atoms with Gasteiger partial charge in [-0.2, -0.15) is 0 Å². The van der Waals surface area contributed by atoms with Gasteiger partial charge in [0, 0.05) is 12.3 Å². The second-order valence-corrected chi connectivity index (χ2v) is 11.5. The summed E-state index contributed by atoms with van der Waals surface area (Å²) in [6.45, 7) is 8.31. The predicted octanol–water partition coefficient (Wildman–Crippen LogP) is 2.58. The van der Waals surface area contributed by atoms with Gasteiger partial charge in [-0.25, -0.2) is 0 Å². The smallest absolute Gasteiger partial charge is 0.313 e. The molecule has 3 aliphatic carbocycles. The number of methoxy groups -OCH3 is 1. The number of aliphatic hydroxyl groups is 2. The summed E-state index contributed by atoms with van der Waals surface area (Å²) in [5, 5.41) is 23.2. The van der Waals surface area contributed by atoms with Crippen molar-refractivity contribution in [1.82, 2.24) is 0 Å². The third-order valence-corrected chi connectivity index (χ3v) is 9.48. The highest BCUT2D eigenvalue weighted by atomic mass is 16.6. The molecule has 4 fully saturated rings. The van der Waals surface area contributed by atoms with Gasteiger partial charge in [0.15, 0.2) is 0 Å². The van der Waals surface area contributed by atoms with Gasteiger partial charge in [-0.15, -0.1) is 0 Å². The van der Waals surface area contributed by atoms with Crippen LogP contribution in [0.3, 0.4) is 0 Å². The molecule has 33 heavy (non-hydrogen) atoms. The third-order valence-electron chi connectivity index (χ3n) is 9.48. The molecule has 0 radical (unpaired) electrons. The van der Waals surface area contributed by atoms with Crippen LogP contribution < -0.4 is 0 Å². The molecule has 4 aliphatic rings. The fourth-order valence-electron chi connectivity index (χ4n) is 8.50. The molecule has 4 rings (SSSR count). The van der Waals surface area contributed by atoms with Crippen LogP contribution in [0.2, 0.25) is 0 Å². The molecule has 1 heterocycles. The maximum absolute atomic E-state index is 13.1. The van der Waals surface area contributed by atoms with Crippen LogP contribution in [0.1, 0.15) is 72.6 Å². The molecule has 0 aromatic rings.